The number of fused-ring (bicyclic) bond motifs is 1. The second-order valence-corrected chi connectivity index (χ2v) is 7.87. The number of benzene rings is 1. The molecule has 1 aliphatic heterocycles. The number of anilines is 1. The first-order valence-electron chi connectivity index (χ1n) is 8.23. The molecule has 1 fully saturated rings. The Labute approximate surface area is 168 Å². The van der Waals surface area contributed by atoms with E-state index in [2.05, 4.69) is 48.9 Å². The van der Waals surface area contributed by atoms with Crippen molar-refractivity contribution in [2.75, 3.05) is 5.32 Å². The average Bonchev–Trinajstić information content (AvgIpc) is 3.15. The SMILES string of the molecule is CC1CC(O)C(n2cnc3c(NCc4cccc(I)c4)nc(Cl)nc32)O1. The van der Waals surface area contributed by atoms with Crippen LogP contribution in [0.1, 0.15) is 25.1 Å². The molecule has 3 atom stereocenters. The van der Waals surface area contributed by atoms with Gasteiger partial charge in [-0.1, -0.05) is 12.1 Å². The normalized spacial score (nSPS) is 22.8. The second-order valence-electron chi connectivity index (χ2n) is 6.29. The lowest BCUT2D eigenvalue weighted by Crippen LogP contribution is -2.19. The highest BCUT2D eigenvalue weighted by Crippen LogP contribution is 2.32. The molecule has 2 aromatic heterocycles. The van der Waals surface area contributed by atoms with Crippen LogP contribution in [0.3, 0.4) is 0 Å². The summed E-state index contributed by atoms with van der Waals surface area (Å²) in [4.78, 5) is 13.0. The quantitative estimate of drug-likeness (QED) is 0.435. The lowest BCUT2D eigenvalue weighted by molar-refractivity contribution is -0.0297. The molecule has 26 heavy (non-hydrogen) atoms. The number of imidazole rings is 1. The third-order valence-electron chi connectivity index (χ3n) is 4.29. The Morgan fingerprint density at radius 3 is 3.00 bits per heavy atom. The molecule has 136 valence electrons. The molecule has 1 aliphatic rings. The van der Waals surface area contributed by atoms with E-state index in [1.807, 2.05) is 25.1 Å². The van der Waals surface area contributed by atoms with E-state index in [0.717, 1.165) is 5.56 Å². The van der Waals surface area contributed by atoms with Crippen LogP contribution in [0.2, 0.25) is 5.28 Å². The van der Waals surface area contributed by atoms with Crippen LogP contribution in [0.25, 0.3) is 11.2 Å². The largest absolute Gasteiger partial charge is 0.388 e. The van der Waals surface area contributed by atoms with Crippen LogP contribution in [0.4, 0.5) is 5.82 Å². The third kappa shape index (κ3) is 3.51. The Balaban J connectivity index is 1.66. The first-order valence-corrected chi connectivity index (χ1v) is 9.69. The van der Waals surface area contributed by atoms with Crippen molar-refractivity contribution in [3.8, 4) is 0 Å². The summed E-state index contributed by atoms with van der Waals surface area (Å²) in [6.45, 7) is 2.52. The molecule has 0 bridgehead atoms. The number of rotatable bonds is 4. The Kier molecular flexibility index (Phi) is 5.00. The summed E-state index contributed by atoms with van der Waals surface area (Å²) in [5.74, 6) is 0.554. The molecule has 0 aliphatic carbocycles. The third-order valence-corrected chi connectivity index (χ3v) is 5.13. The summed E-state index contributed by atoms with van der Waals surface area (Å²) in [6, 6.07) is 8.18. The number of aliphatic hydroxyl groups is 1. The van der Waals surface area contributed by atoms with Crippen molar-refractivity contribution in [3.63, 3.8) is 0 Å². The molecule has 0 spiro atoms. The Hall–Kier alpha value is -1.49. The van der Waals surface area contributed by atoms with E-state index in [9.17, 15) is 5.11 Å². The van der Waals surface area contributed by atoms with E-state index in [1.165, 1.54) is 3.57 Å². The van der Waals surface area contributed by atoms with E-state index >= 15 is 0 Å². The Bertz CT molecular complexity index is 950. The van der Waals surface area contributed by atoms with Crippen molar-refractivity contribution in [2.45, 2.75) is 38.3 Å². The molecular formula is C17H17ClIN5O2. The van der Waals surface area contributed by atoms with E-state index in [4.69, 9.17) is 16.3 Å². The van der Waals surface area contributed by atoms with Gasteiger partial charge in [-0.2, -0.15) is 9.97 Å². The minimum absolute atomic E-state index is 0.0251. The first-order chi connectivity index (χ1) is 12.5. The number of nitrogens with zero attached hydrogens (tertiary/aromatic N) is 4. The summed E-state index contributed by atoms with van der Waals surface area (Å²) in [6.07, 6.45) is 1.02. The smallest absolute Gasteiger partial charge is 0.226 e. The maximum absolute atomic E-state index is 10.2. The van der Waals surface area contributed by atoms with Gasteiger partial charge in [-0.15, -0.1) is 0 Å². The highest BCUT2D eigenvalue weighted by Gasteiger charge is 2.34. The minimum atomic E-state index is -0.612. The molecule has 4 rings (SSSR count). The minimum Gasteiger partial charge on any atom is -0.388 e. The summed E-state index contributed by atoms with van der Waals surface area (Å²) in [7, 11) is 0. The van der Waals surface area contributed by atoms with Gasteiger partial charge in [0.1, 0.15) is 6.10 Å². The monoisotopic (exact) mass is 485 g/mol. The van der Waals surface area contributed by atoms with Gasteiger partial charge in [-0.05, 0) is 58.8 Å². The summed E-state index contributed by atoms with van der Waals surface area (Å²) >= 11 is 8.40. The standard InChI is InChI=1S/C17H17ClIN5O2/c1-9-5-12(25)16(26-9)24-8-21-13-14(22-17(18)23-15(13)24)20-7-10-3-2-4-11(19)6-10/h2-4,6,8-9,12,16,25H,5,7H2,1H3,(H,20,22,23). The fourth-order valence-electron chi connectivity index (χ4n) is 3.12. The zero-order valence-corrected chi connectivity index (χ0v) is 16.8. The van der Waals surface area contributed by atoms with E-state index in [-0.39, 0.29) is 11.4 Å². The number of aliphatic hydroxyl groups excluding tert-OH is 1. The van der Waals surface area contributed by atoms with Crippen molar-refractivity contribution >= 4 is 51.2 Å². The number of hydrogen-bond acceptors (Lipinski definition) is 6. The zero-order chi connectivity index (χ0) is 18.3. The van der Waals surface area contributed by atoms with Gasteiger partial charge >= 0.3 is 0 Å². The highest BCUT2D eigenvalue weighted by atomic mass is 127. The fraction of sp³-hybridized carbons (Fsp3) is 0.353. The zero-order valence-electron chi connectivity index (χ0n) is 13.9. The number of ether oxygens (including phenoxy) is 1. The molecule has 1 saturated heterocycles. The van der Waals surface area contributed by atoms with Crippen molar-refractivity contribution in [3.05, 3.63) is 45.0 Å². The van der Waals surface area contributed by atoms with E-state index < -0.39 is 12.3 Å². The highest BCUT2D eigenvalue weighted by molar-refractivity contribution is 14.1. The van der Waals surface area contributed by atoms with Crippen molar-refractivity contribution < 1.29 is 9.84 Å². The van der Waals surface area contributed by atoms with Gasteiger partial charge in [0.2, 0.25) is 5.28 Å². The number of halogens is 2. The average molecular weight is 486 g/mol. The van der Waals surface area contributed by atoms with Crippen LogP contribution in [0.15, 0.2) is 30.6 Å². The topological polar surface area (TPSA) is 85.1 Å². The molecule has 9 heteroatoms. The van der Waals surface area contributed by atoms with Crippen LogP contribution >= 0.6 is 34.2 Å². The summed E-state index contributed by atoms with van der Waals surface area (Å²) < 4.78 is 8.68. The molecule has 0 amide bonds. The fourth-order valence-corrected chi connectivity index (χ4v) is 3.90. The van der Waals surface area contributed by atoms with Crippen LogP contribution in [-0.4, -0.2) is 36.8 Å². The molecule has 0 radical (unpaired) electrons. The lowest BCUT2D eigenvalue weighted by atomic mass is 10.2. The van der Waals surface area contributed by atoms with Crippen molar-refractivity contribution in [1.82, 2.24) is 19.5 Å². The molecule has 1 aromatic carbocycles. The predicted octanol–water partition coefficient (Wildman–Crippen LogP) is 3.36. The Morgan fingerprint density at radius 2 is 2.27 bits per heavy atom. The molecule has 2 N–H and O–H groups in total. The first kappa shape index (κ1) is 17.9. The maximum atomic E-state index is 10.2. The van der Waals surface area contributed by atoms with Crippen LogP contribution in [-0.2, 0) is 11.3 Å². The number of aromatic nitrogens is 4. The van der Waals surface area contributed by atoms with Gasteiger partial charge in [-0.3, -0.25) is 4.57 Å². The Morgan fingerprint density at radius 1 is 1.42 bits per heavy atom. The number of nitrogens with one attached hydrogen (secondary N) is 1. The van der Waals surface area contributed by atoms with Crippen LogP contribution in [0.5, 0.6) is 0 Å². The number of hydrogen-bond donors (Lipinski definition) is 2. The van der Waals surface area contributed by atoms with Crippen molar-refractivity contribution in [2.24, 2.45) is 0 Å². The van der Waals surface area contributed by atoms with Gasteiger partial charge in [-0.25, -0.2) is 4.98 Å². The van der Waals surface area contributed by atoms with Crippen LogP contribution in [0, 0.1) is 3.57 Å². The second kappa shape index (κ2) is 7.26. The molecule has 7 nitrogen and oxygen atoms in total. The molecule has 0 saturated carbocycles. The lowest BCUT2D eigenvalue weighted by Gasteiger charge is -2.16. The van der Waals surface area contributed by atoms with Gasteiger partial charge in [0.25, 0.3) is 0 Å². The molecule has 3 aromatic rings. The van der Waals surface area contributed by atoms with E-state index in [1.54, 1.807) is 10.9 Å². The predicted molar refractivity (Wildman–Crippen MR) is 107 cm³/mol. The maximum Gasteiger partial charge on any atom is 0.226 e. The molecule has 3 unspecified atom stereocenters. The van der Waals surface area contributed by atoms with Gasteiger partial charge in [0.05, 0.1) is 12.4 Å². The van der Waals surface area contributed by atoms with Gasteiger partial charge < -0.3 is 15.2 Å². The molecule has 3 heterocycles. The summed E-state index contributed by atoms with van der Waals surface area (Å²) in [5.41, 5.74) is 2.26. The van der Waals surface area contributed by atoms with Crippen LogP contribution < -0.4 is 5.32 Å². The molecular weight excluding hydrogens is 469 g/mol. The van der Waals surface area contributed by atoms with E-state index in [0.29, 0.717) is 29.9 Å². The van der Waals surface area contributed by atoms with Gasteiger partial charge in [0.15, 0.2) is 23.2 Å². The van der Waals surface area contributed by atoms with Crippen molar-refractivity contribution in [1.29, 1.82) is 0 Å². The summed E-state index contributed by atoms with van der Waals surface area (Å²) in [5, 5.41) is 13.6. The van der Waals surface area contributed by atoms with Gasteiger partial charge in [0, 0.05) is 16.5 Å².